The Morgan fingerprint density at radius 1 is 1.00 bits per heavy atom. The zero-order valence-corrected chi connectivity index (χ0v) is 9.37. The van der Waals surface area contributed by atoms with E-state index in [4.69, 9.17) is 9.47 Å². The number of methoxy groups -OCH3 is 1. The van der Waals surface area contributed by atoms with Gasteiger partial charge in [-0.1, -0.05) is 13.8 Å². The van der Waals surface area contributed by atoms with Crippen LogP contribution in [0.1, 0.15) is 27.7 Å². The topological polar surface area (TPSA) is 52.6 Å². The van der Waals surface area contributed by atoms with E-state index in [-0.39, 0.29) is 11.7 Å². The first-order valence-corrected chi connectivity index (χ1v) is 4.67. The molecular weight excluding hydrogens is 184 g/mol. The van der Waals surface area contributed by atoms with Crippen LogP contribution < -0.4 is 0 Å². The maximum Gasteiger partial charge on any atom is 0.335 e. The number of ether oxygens (including phenoxy) is 2. The number of hydrogen-bond donors (Lipinski definition) is 0. The third-order valence-electron chi connectivity index (χ3n) is 1.95. The molecule has 0 aromatic rings. The number of carbonyl (C=O) groups is 2. The normalized spacial score (nSPS) is 15.0. The van der Waals surface area contributed by atoms with Crippen molar-refractivity contribution in [1.29, 1.82) is 0 Å². The first kappa shape index (κ1) is 13.1. The van der Waals surface area contributed by atoms with Gasteiger partial charge in [0.2, 0.25) is 0 Å². The van der Waals surface area contributed by atoms with Gasteiger partial charge in [0.15, 0.2) is 18.0 Å². The Hall–Kier alpha value is -0.900. The number of Topliss-reactive ketones (excluding diaryl/α,β-unsaturated/α-hetero) is 1. The molecule has 0 radical (unpaired) electrons. The minimum atomic E-state index is -0.694. The molecule has 0 spiro atoms. The Labute approximate surface area is 84.6 Å². The lowest BCUT2D eigenvalue weighted by Gasteiger charge is -2.16. The molecule has 0 saturated heterocycles. The number of rotatable bonds is 5. The Bertz CT molecular complexity index is 210. The number of hydrogen-bond acceptors (Lipinski definition) is 4. The van der Waals surface area contributed by atoms with E-state index in [9.17, 15) is 9.59 Å². The second-order valence-corrected chi connectivity index (χ2v) is 3.51. The first-order valence-electron chi connectivity index (χ1n) is 4.67. The van der Waals surface area contributed by atoms with Gasteiger partial charge < -0.3 is 9.47 Å². The second-order valence-electron chi connectivity index (χ2n) is 3.51. The van der Waals surface area contributed by atoms with Gasteiger partial charge in [-0.3, -0.25) is 4.79 Å². The molecule has 14 heavy (non-hydrogen) atoms. The van der Waals surface area contributed by atoms with Gasteiger partial charge in [0.25, 0.3) is 0 Å². The monoisotopic (exact) mass is 202 g/mol. The van der Waals surface area contributed by atoms with Gasteiger partial charge in [-0.05, 0) is 13.8 Å². The van der Waals surface area contributed by atoms with E-state index in [2.05, 4.69) is 0 Å². The van der Waals surface area contributed by atoms with Crippen LogP contribution in [0.5, 0.6) is 0 Å². The van der Waals surface area contributed by atoms with Crippen molar-refractivity contribution >= 4 is 11.8 Å². The Morgan fingerprint density at radius 3 is 1.86 bits per heavy atom. The highest BCUT2D eigenvalue weighted by molar-refractivity contribution is 5.87. The molecule has 2 unspecified atom stereocenters. The van der Waals surface area contributed by atoms with Crippen molar-refractivity contribution in [3.05, 3.63) is 0 Å². The molecule has 0 heterocycles. The highest BCUT2D eigenvalue weighted by Gasteiger charge is 2.23. The fourth-order valence-electron chi connectivity index (χ4n) is 0.894. The van der Waals surface area contributed by atoms with Crippen LogP contribution in [0.4, 0.5) is 0 Å². The van der Waals surface area contributed by atoms with Gasteiger partial charge >= 0.3 is 5.97 Å². The molecular formula is C10H18O4. The van der Waals surface area contributed by atoms with E-state index in [1.54, 1.807) is 27.7 Å². The maximum absolute atomic E-state index is 11.4. The molecule has 2 atom stereocenters. The molecule has 4 nitrogen and oxygen atoms in total. The van der Waals surface area contributed by atoms with E-state index < -0.39 is 18.2 Å². The van der Waals surface area contributed by atoms with Gasteiger partial charge in [-0.25, -0.2) is 4.79 Å². The average molecular weight is 202 g/mol. The molecule has 0 rings (SSSR count). The van der Waals surface area contributed by atoms with E-state index >= 15 is 0 Å². The van der Waals surface area contributed by atoms with E-state index in [0.717, 1.165) is 0 Å². The molecule has 0 aromatic heterocycles. The molecule has 0 N–H and O–H groups in total. The van der Waals surface area contributed by atoms with Crippen molar-refractivity contribution in [2.45, 2.75) is 39.9 Å². The fourth-order valence-corrected chi connectivity index (χ4v) is 0.894. The van der Waals surface area contributed by atoms with Gasteiger partial charge in [-0.15, -0.1) is 0 Å². The molecule has 0 amide bonds. The number of esters is 1. The summed E-state index contributed by atoms with van der Waals surface area (Å²) in [6.07, 6.45) is -1.32. The zero-order valence-electron chi connectivity index (χ0n) is 9.37. The number of carbonyl (C=O) groups excluding carboxylic acids is 2. The molecule has 0 fully saturated rings. The van der Waals surface area contributed by atoms with Crippen molar-refractivity contribution in [2.24, 2.45) is 5.92 Å². The minimum Gasteiger partial charge on any atom is -0.453 e. The highest BCUT2D eigenvalue weighted by Crippen LogP contribution is 2.05. The quantitative estimate of drug-likeness (QED) is 0.628. The van der Waals surface area contributed by atoms with Crippen LogP contribution in [0.25, 0.3) is 0 Å². The summed E-state index contributed by atoms with van der Waals surface area (Å²) in [6.45, 7) is 6.69. The smallest absolute Gasteiger partial charge is 0.335 e. The predicted octanol–water partition coefficient (Wildman–Crippen LogP) is 1.18. The van der Waals surface area contributed by atoms with Crippen molar-refractivity contribution < 1.29 is 19.1 Å². The molecule has 0 aliphatic rings. The van der Waals surface area contributed by atoms with Crippen LogP contribution in [0.3, 0.4) is 0 Å². The van der Waals surface area contributed by atoms with Gasteiger partial charge in [0.1, 0.15) is 0 Å². The van der Waals surface area contributed by atoms with Crippen LogP contribution >= 0.6 is 0 Å². The third kappa shape index (κ3) is 3.87. The van der Waals surface area contributed by atoms with Gasteiger partial charge in [-0.2, -0.15) is 0 Å². The lowest BCUT2D eigenvalue weighted by molar-refractivity contribution is -0.163. The average Bonchev–Trinajstić information content (AvgIpc) is 2.14. The molecule has 0 aromatic carbocycles. The standard InChI is InChI=1S/C10H18O4/c1-6(2)9(11)7(3)14-10(12)8(4)13-5/h6-8H,1-5H3. The van der Waals surface area contributed by atoms with Crippen molar-refractivity contribution in [3.63, 3.8) is 0 Å². The van der Waals surface area contributed by atoms with E-state index in [1.807, 2.05) is 0 Å². The summed E-state index contributed by atoms with van der Waals surface area (Å²) < 4.78 is 9.68. The summed E-state index contributed by atoms with van der Waals surface area (Å²) in [5.41, 5.74) is 0. The molecule has 0 saturated carbocycles. The fraction of sp³-hybridized carbons (Fsp3) is 0.800. The van der Waals surface area contributed by atoms with Crippen LogP contribution in [0, 0.1) is 5.92 Å². The van der Waals surface area contributed by atoms with Crippen LogP contribution in [0.2, 0.25) is 0 Å². The summed E-state index contributed by atoms with van der Waals surface area (Å²) in [7, 11) is 1.42. The van der Waals surface area contributed by atoms with Crippen LogP contribution in [-0.4, -0.2) is 31.1 Å². The summed E-state index contributed by atoms with van der Waals surface area (Å²) >= 11 is 0. The Balaban J connectivity index is 4.12. The van der Waals surface area contributed by atoms with Gasteiger partial charge in [0, 0.05) is 13.0 Å². The summed E-state index contributed by atoms with van der Waals surface area (Å²) in [4.78, 5) is 22.6. The molecule has 82 valence electrons. The molecule has 0 bridgehead atoms. The SMILES string of the molecule is COC(C)C(=O)OC(C)C(=O)C(C)C. The summed E-state index contributed by atoms with van der Waals surface area (Å²) in [6, 6.07) is 0. The van der Waals surface area contributed by atoms with Crippen LogP contribution in [0.15, 0.2) is 0 Å². The molecule has 4 heteroatoms. The predicted molar refractivity (Wildman–Crippen MR) is 51.9 cm³/mol. The summed E-state index contributed by atoms with van der Waals surface area (Å²) in [5, 5.41) is 0. The van der Waals surface area contributed by atoms with Crippen molar-refractivity contribution in [2.75, 3.05) is 7.11 Å². The third-order valence-corrected chi connectivity index (χ3v) is 1.95. The lowest BCUT2D eigenvalue weighted by Crippen LogP contribution is -2.32. The van der Waals surface area contributed by atoms with Gasteiger partial charge in [0.05, 0.1) is 0 Å². The van der Waals surface area contributed by atoms with Crippen LogP contribution in [-0.2, 0) is 19.1 Å². The molecule has 0 aliphatic carbocycles. The van der Waals surface area contributed by atoms with Crippen molar-refractivity contribution in [1.82, 2.24) is 0 Å². The second kappa shape index (κ2) is 5.75. The maximum atomic E-state index is 11.4. The minimum absolute atomic E-state index is 0.0818. The number of ketones is 1. The summed E-state index contributed by atoms with van der Waals surface area (Å²) in [5.74, 6) is -0.716. The lowest BCUT2D eigenvalue weighted by atomic mass is 10.1. The van der Waals surface area contributed by atoms with E-state index in [1.165, 1.54) is 7.11 Å². The largest absolute Gasteiger partial charge is 0.453 e. The first-order chi connectivity index (χ1) is 6.40. The Kier molecular flexibility index (Phi) is 5.38. The van der Waals surface area contributed by atoms with E-state index in [0.29, 0.717) is 0 Å². The highest BCUT2D eigenvalue weighted by atomic mass is 16.6. The Morgan fingerprint density at radius 2 is 1.50 bits per heavy atom. The zero-order chi connectivity index (χ0) is 11.3. The molecule has 0 aliphatic heterocycles. The van der Waals surface area contributed by atoms with Crippen molar-refractivity contribution in [3.8, 4) is 0 Å².